The Morgan fingerprint density at radius 1 is 0.395 bits per heavy atom. The molecule has 4 aromatic carbocycles. The fraction of sp³-hybridized carbons (Fsp3) is 0.375. The van der Waals surface area contributed by atoms with Crippen LogP contribution in [-0.4, -0.2) is 74.7 Å². The van der Waals surface area contributed by atoms with E-state index in [0.29, 0.717) is 0 Å². The molecule has 4 nitrogen and oxygen atoms in total. The molecular formula is C32H48Bi2N4SSi4. The van der Waals surface area contributed by atoms with Crippen LogP contribution < -0.4 is 10.0 Å². The normalized spacial score (nSPS) is 17.0. The molecule has 0 N–H and O–H groups in total. The van der Waals surface area contributed by atoms with Crippen molar-refractivity contribution in [3.8, 4) is 0 Å². The summed E-state index contributed by atoms with van der Waals surface area (Å²) in [6.07, 6.45) is 0. The Morgan fingerprint density at radius 2 is 0.628 bits per heavy atom. The van der Waals surface area contributed by atoms with Gasteiger partial charge in [-0.2, -0.15) is 0 Å². The molecule has 0 unspecified atom stereocenters. The van der Waals surface area contributed by atoms with Crippen molar-refractivity contribution in [2.75, 3.05) is 10.0 Å². The van der Waals surface area contributed by atoms with E-state index in [-0.39, 0.29) is 0 Å². The van der Waals surface area contributed by atoms with Crippen LogP contribution in [-0.2, 0) is 0 Å². The van der Waals surface area contributed by atoms with Gasteiger partial charge in [-0.1, -0.05) is 0 Å². The Balaban J connectivity index is 1.63. The van der Waals surface area contributed by atoms with Crippen molar-refractivity contribution in [1.29, 1.82) is 0 Å². The molecule has 0 fully saturated rings. The van der Waals surface area contributed by atoms with Crippen LogP contribution in [0.2, 0.25) is 78.6 Å². The summed E-state index contributed by atoms with van der Waals surface area (Å²) in [7, 11) is -6.89. The number of rotatable bonds is 6. The third-order valence-corrected chi connectivity index (χ3v) is 102. The molecule has 2 aliphatic heterocycles. The molecule has 0 amide bonds. The molecule has 0 radical (unpaired) electrons. The quantitative estimate of drug-likeness (QED) is 0.178. The maximum absolute atomic E-state index is 3.15. The summed E-state index contributed by atoms with van der Waals surface area (Å²) in [5.41, 5.74) is 6.20. The van der Waals surface area contributed by atoms with Gasteiger partial charge in [0.15, 0.2) is 0 Å². The van der Waals surface area contributed by atoms with Gasteiger partial charge in [-0.05, 0) is 0 Å². The third-order valence-electron chi connectivity index (χ3n) is 8.01. The van der Waals surface area contributed by atoms with Crippen molar-refractivity contribution in [2.24, 2.45) is 0 Å². The van der Waals surface area contributed by atoms with Crippen LogP contribution in [0.15, 0.2) is 72.8 Å². The monoisotopic (exact) mass is 1050 g/mol. The average molecular weight is 1050 g/mol. The van der Waals surface area contributed by atoms with Crippen LogP contribution in [0.25, 0.3) is 21.5 Å². The molecular weight excluding hydrogens is 1000 g/mol. The zero-order chi connectivity index (χ0) is 31.3. The van der Waals surface area contributed by atoms with Gasteiger partial charge in [0.2, 0.25) is 0 Å². The van der Waals surface area contributed by atoms with E-state index in [0.717, 1.165) is 0 Å². The third kappa shape index (κ3) is 5.63. The van der Waals surface area contributed by atoms with Crippen LogP contribution in [0, 0.1) is 0 Å². The van der Waals surface area contributed by atoms with Crippen LogP contribution >= 0.6 is 5.27 Å². The number of hydrogen-bond acceptors (Lipinski definition) is 5. The van der Waals surface area contributed by atoms with Crippen LogP contribution in [0.3, 0.4) is 0 Å². The van der Waals surface area contributed by atoms with Crippen molar-refractivity contribution >= 4 is 124 Å². The minimum atomic E-state index is -2.69. The predicted octanol–water partition coefficient (Wildman–Crippen LogP) is 9.99. The van der Waals surface area contributed by atoms with Crippen molar-refractivity contribution < 1.29 is 0 Å². The van der Waals surface area contributed by atoms with Gasteiger partial charge in [-0.15, -0.1) is 0 Å². The summed E-state index contributed by atoms with van der Waals surface area (Å²) in [4.78, 5) is 0. The second kappa shape index (κ2) is 11.1. The van der Waals surface area contributed by atoms with Crippen LogP contribution in [0.1, 0.15) is 0 Å². The standard InChI is InChI=1S/2C16H24N2Si2.2Bi.S/c2*1-19(2,3)17-14-11-7-9-13-10-8-12-15(16(13)14)18-20(4,5)6;;;/h2*7-12H,1-6H3;;;/q2*-2;2*+2;. The molecule has 228 valence electrons. The first kappa shape index (κ1) is 32.5. The van der Waals surface area contributed by atoms with Crippen molar-refractivity contribution in [1.82, 2.24) is 0 Å². The fourth-order valence-electron chi connectivity index (χ4n) is 6.54. The Labute approximate surface area is 282 Å². The minimum absolute atomic E-state index is 1.41. The SMILES string of the molecule is C[Si](C)(C)[N]1c2cccc3cccc(c23)[N]([Si](C)(C)C)[Bi]1[S][Bi]1[N]([Si](C)(C)C)c2cccc3cccc(c23)[N]1[Si](C)(C)C. The van der Waals surface area contributed by atoms with Gasteiger partial charge in [-0.25, -0.2) is 0 Å². The van der Waals surface area contributed by atoms with Gasteiger partial charge in [0.25, 0.3) is 0 Å². The van der Waals surface area contributed by atoms with E-state index in [2.05, 4.69) is 167 Å². The summed E-state index contributed by atoms with van der Waals surface area (Å²) >= 11 is -5.37. The van der Waals surface area contributed by atoms with Gasteiger partial charge in [-0.3, -0.25) is 0 Å². The van der Waals surface area contributed by atoms with E-state index >= 15 is 0 Å². The molecule has 0 aliphatic carbocycles. The summed E-state index contributed by atoms with van der Waals surface area (Å²) < 4.78 is 12.6. The number of anilines is 4. The van der Waals surface area contributed by atoms with E-state index in [4.69, 9.17) is 0 Å². The molecule has 2 aliphatic rings. The predicted molar refractivity (Wildman–Crippen MR) is 210 cm³/mol. The molecule has 0 spiro atoms. The van der Waals surface area contributed by atoms with Crippen molar-refractivity contribution in [3.63, 3.8) is 0 Å². The molecule has 2 heterocycles. The van der Waals surface area contributed by atoms with Gasteiger partial charge >= 0.3 is 286 Å². The van der Waals surface area contributed by atoms with E-state index in [1.54, 1.807) is 22.7 Å². The Bertz CT molecular complexity index is 1470. The molecule has 43 heavy (non-hydrogen) atoms. The first-order valence-electron chi connectivity index (χ1n) is 15.4. The second-order valence-corrected chi connectivity index (χ2v) is 75.8. The molecule has 0 aromatic heterocycles. The Hall–Kier alpha value is -0.416. The number of benzene rings is 4. The summed E-state index contributed by atoms with van der Waals surface area (Å²) in [5.74, 6) is 0. The molecule has 6 rings (SSSR count). The first-order chi connectivity index (χ1) is 19.9. The summed E-state index contributed by atoms with van der Waals surface area (Å²) in [6, 6.07) is 28.6. The van der Waals surface area contributed by atoms with Gasteiger partial charge in [0.05, 0.1) is 0 Å². The zero-order valence-corrected chi connectivity index (χ0v) is 39.8. The molecule has 0 atom stereocenters. The van der Waals surface area contributed by atoms with Gasteiger partial charge in [0, 0.05) is 0 Å². The second-order valence-electron chi connectivity index (χ2n) is 15.8. The number of hydrogen-bond donors (Lipinski definition) is 0. The van der Waals surface area contributed by atoms with Crippen LogP contribution in [0.5, 0.6) is 0 Å². The van der Waals surface area contributed by atoms with E-state index in [9.17, 15) is 0 Å². The maximum atomic E-state index is 3.15. The molecule has 11 heteroatoms. The molecule has 4 aromatic rings. The average Bonchev–Trinajstić information content (AvgIpc) is 2.86. The van der Waals surface area contributed by atoms with Crippen LogP contribution in [0.4, 0.5) is 22.7 Å². The van der Waals surface area contributed by atoms with Crippen molar-refractivity contribution in [2.45, 2.75) is 78.6 Å². The number of nitrogens with zero attached hydrogens (tertiary/aromatic N) is 4. The van der Waals surface area contributed by atoms with E-state index < -0.39 is 74.7 Å². The van der Waals surface area contributed by atoms with E-state index in [1.807, 2.05) is 0 Å². The van der Waals surface area contributed by atoms with Crippen molar-refractivity contribution in [3.05, 3.63) is 72.8 Å². The fourth-order valence-corrected chi connectivity index (χ4v) is 159. The first-order valence-corrected chi connectivity index (χ1v) is 44.7. The molecule has 0 saturated heterocycles. The summed E-state index contributed by atoms with van der Waals surface area (Å²) in [5, 5.41) is 8.47. The topological polar surface area (TPSA) is 13.0 Å². The van der Waals surface area contributed by atoms with Gasteiger partial charge < -0.3 is 0 Å². The Kier molecular flexibility index (Phi) is 8.39. The van der Waals surface area contributed by atoms with E-state index in [1.165, 1.54) is 21.5 Å². The van der Waals surface area contributed by atoms with Gasteiger partial charge in [0.1, 0.15) is 0 Å². The Morgan fingerprint density at radius 3 is 0.837 bits per heavy atom. The molecule has 0 bridgehead atoms. The zero-order valence-electron chi connectivity index (χ0n) is 28.0. The molecule has 0 saturated carbocycles. The summed E-state index contributed by atoms with van der Waals surface area (Å²) in [6.45, 7) is 31.4.